The molecule has 1 aromatic heterocycles. The summed E-state index contributed by atoms with van der Waals surface area (Å²) in [6.45, 7) is 7.56. The van der Waals surface area contributed by atoms with Crippen molar-refractivity contribution in [3.8, 4) is 0 Å². The number of carbonyl (C=O) groups excluding carboxylic acids is 1. The van der Waals surface area contributed by atoms with Crippen LogP contribution in [0, 0.1) is 5.41 Å². The Bertz CT molecular complexity index is 699. The van der Waals surface area contributed by atoms with E-state index in [9.17, 15) is 4.79 Å². The first-order valence-electron chi connectivity index (χ1n) is 7.93. The normalized spacial score (nSPS) is 19.1. The van der Waals surface area contributed by atoms with Crippen LogP contribution >= 0.6 is 11.6 Å². The zero-order valence-electron chi connectivity index (χ0n) is 13.4. The molecular weight excluding hydrogens is 296 g/mol. The van der Waals surface area contributed by atoms with Crippen molar-refractivity contribution >= 4 is 28.4 Å². The Hall–Kier alpha value is -1.48. The quantitative estimate of drug-likeness (QED) is 0.843. The van der Waals surface area contributed by atoms with E-state index in [1.54, 1.807) is 0 Å². The number of rotatable bonds is 2. The molecule has 1 N–H and O–H groups in total. The summed E-state index contributed by atoms with van der Waals surface area (Å²) in [6.07, 6.45) is 3.25. The van der Waals surface area contributed by atoms with Gasteiger partial charge in [0.15, 0.2) is 0 Å². The average molecular weight is 319 g/mol. The summed E-state index contributed by atoms with van der Waals surface area (Å²) in [5, 5.41) is 1.71. The summed E-state index contributed by atoms with van der Waals surface area (Å²) in [5.74, 6) is 0.110. The second-order valence-corrected chi connectivity index (χ2v) is 7.91. The Labute approximate surface area is 136 Å². The minimum Gasteiger partial charge on any atom is -0.350 e. The Morgan fingerprint density at radius 2 is 2.14 bits per heavy atom. The summed E-state index contributed by atoms with van der Waals surface area (Å²) >= 11 is 6.02. The lowest BCUT2D eigenvalue weighted by molar-refractivity contribution is 0.0699. The molecule has 22 heavy (non-hydrogen) atoms. The van der Waals surface area contributed by atoms with Gasteiger partial charge in [-0.05, 0) is 42.9 Å². The zero-order chi connectivity index (χ0) is 15.9. The van der Waals surface area contributed by atoms with E-state index >= 15 is 0 Å². The number of H-pyrrole nitrogens is 1. The fourth-order valence-electron chi connectivity index (χ4n) is 3.39. The number of halogens is 1. The zero-order valence-corrected chi connectivity index (χ0v) is 14.2. The van der Waals surface area contributed by atoms with Crippen LogP contribution in [0.15, 0.2) is 24.3 Å². The smallest absolute Gasteiger partial charge is 0.270 e. The maximum Gasteiger partial charge on any atom is 0.270 e. The van der Waals surface area contributed by atoms with E-state index in [0.717, 1.165) is 36.7 Å². The average Bonchev–Trinajstić information content (AvgIpc) is 3.01. The summed E-state index contributed by atoms with van der Waals surface area (Å²) in [7, 11) is 0. The highest BCUT2D eigenvalue weighted by atomic mass is 35.5. The molecule has 1 atom stereocenters. The van der Waals surface area contributed by atoms with Crippen molar-refractivity contribution in [2.75, 3.05) is 6.54 Å². The minimum atomic E-state index is 0.110. The first-order chi connectivity index (χ1) is 10.3. The molecule has 3 rings (SSSR count). The highest BCUT2D eigenvalue weighted by molar-refractivity contribution is 6.31. The molecule has 1 unspecified atom stereocenters. The van der Waals surface area contributed by atoms with Crippen molar-refractivity contribution in [2.24, 2.45) is 5.41 Å². The van der Waals surface area contributed by atoms with Gasteiger partial charge < -0.3 is 9.88 Å². The molecule has 2 heterocycles. The van der Waals surface area contributed by atoms with Crippen LogP contribution in [0.5, 0.6) is 0 Å². The number of hydrogen-bond acceptors (Lipinski definition) is 1. The number of aromatic nitrogens is 1. The van der Waals surface area contributed by atoms with Crippen molar-refractivity contribution in [3.05, 3.63) is 35.0 Å². The molecule has 1 saturated heterocycles. The van der Waals surface area contributed by atoms with E-state index in [0.29, 0.717) is 16.8 Å². The fourth-order valence-corrected chi connectivity index (χ4v) is 3.56. The van der Waals surface area contributed by atoms with Gasteiger partial charge in [0.2, 0.25) is 0 Å². The van der Waals surface area contributed by atoms with Gasteiger partial charge in [-0.2, -0.15) is 0 Å². The van der Waals surface area contributed by atoms with Crippen LogP contribution in [0.3, 0.4) is 0 Å². The largest absolute Gasteiger partial charge is 0.350 e. The van der Waals surface area contributed by atoms with Crippen LogP contribution in [0.1, 0.15) is 50.5 Å². The molecule has 0 radical (unpaired) electrons. The van der Waals surface area contributed by atoms with Crippen LogP contribution in [0.4, 0.5) is 0 Å². The topological polar surface area (TPSA) is 36.1 Å². The SMILES string of the molecule is CC(C)(C)CC1CCCN1C(=O)c1cc2ccc(Cl)cc2[nH]1. The molecule has 1 aliphatic rings. The van der Waals surface area contributed by atoms with Gasteiger partial charge in [0.05, 0.1) is 0 Å². The molecule has 118 valence electrons. The first kappa shape index (κ1) is 15.4. The van der Waals surface area contributed by atoms with Gasteiger partial charge in [-0.15, -0.1) is 0 Å². The Morgan fingerprint density at radius 3 is 2.86 bits per heavy atom. The molecule has 0 aliphatic carbocycles. The van der Waals surface area contributed by atoms with E-state index in [-0.39, 0.29) is 11.3 Å². The van der Waals surface area contributed by atoms with Crippen molar-refractivity contribution < 1.29 is 4.79 Å². The second-order valence-electron chi connectivity index (χ2n) is 7.47. The third-order valence-corrected chi connectivity index (χ3v) is 4.54. The standard InChI is InChI=1S/C18H23ClN2O/c1-18(2,3)11-14-5-4-8-21(14)17(22)16-9-12-6-7-13(19)10-15(12)20-16/h6-7,9-10,14,20H,4-5,8,11H2,1-3H3. The number of likely N-dealkylation sites (tertiary alicyclic amines) is 1. The van der Waals surface area contributed by atoms with Crippen molar-refractivity contribution in [1.29, 1.82) is 0 Å². The second kappa shape index (κ2) is 5.62. The van der Waals surface area contributed by atoms with Gasteiger partial charge >= 0.3 is 0 Å². The van der Waals surface area contributed by atoms with Crippen molar-refractivity contribution in [3.63, 3.8) is 0 Å². The Morgan fingerprint density at radius 1 is 1.36 bits per heavy atom. The number of benzene rings is 1. The summed E-state index contributed by atoms with van der Waals surface area (Å²) in [5.41, 5.74) is 1.82. The third-order valence-electron chi connectivity index (χ3n) is 4.30. The number of amides is 1. The molecular formula is C18H23ClN2O. The van der Waals surface area contributed by atoms with Crippen molar-refractivity contribution in [2.45, 2.75) is 46.1 Å². The number of aromatic amines is 1. The molecule has 1 amide bonds. The van der Waals surface area contributed by atoms with Crippen LogP contribution in [0.2, 0.25) is 5.02 Å². The Balaban J connectivity index is 1.85. The molecule has 4 heteroatoms. The number of carbonyl (C=O) groups is 1. The van der Waals surface area contributed by atoms with E-state index < -0.39 is 0 Å². The molecule has 2 aromatic rings. The highest BCUT2D eigenvalue weighted by Crippen LogP contribution is 2.31. The van der Waals surface area contributed by atoms with Gasteiger partial charge in [0, 0.05) is 28.5 Å². The number of fused-ring (bicyclic) bond motifs is 1. The third kappa shape index (κ3) is 3.14. The number of hydrogen-bond donors (Lipinski definition) is 1. The maximum absolute atomic E-state index is 12.9. The fraction of sp³-hybridized carbons (Fsp3) is 0.500. The number of nitrogens with zero attached hydrogens (tertiary/aromatic N) is 1. The van der Waals surface area contributed by atoms with Crippen LogP contribution < -0.4 is 0 Å². The van der Waals surface area contributed by atoms with Gasteiger partial charge in [-0.3, -0.25) is 4.79 Å². The lowest BCUT2D eigenvalue weighted by Crippen LogP contribution is -2.37. The van der Waals surface area contributed by atoms with E-state index in [2.05, 4.69) is 25.8 Å². The van der Waals surface area contributed by atoms with E-state index in [1.165, 1.54) is 0 Å². The van der Waals surface area contributed by atoms with Crippen molar-refractivity contribution in [1.82, 2.24) is 9.88 Å². The monoisotopic (exact) mass is 318 g/mol. The van der Waals surface area contributed by atoms with Crippen LogP contribution in [0.25, 0.3) is 10.9 Å². The lowest BCUT2D eigenvalue weighted by Gasteiger charge is -2.30. The highest BCUT2D eigenvalue weighted by Gasteiger charge is 2.32. The predicted octanol–water partition coefficient (Wildman–Crippen LogP) is 4.86. The molecule has 0 bridgehead atoms. The molecule has 1 aromatic carbocycles. The molecule has 1 aliphatic heterocycles. The predicted molar refractivity (Wildman–Crippen MR) is 91.4 cm³/mol. The number of nitrogens with one attached hydrogen (secondary N) is 1. The molecule has 0 spiro atoms. The van der Waals surface area contributed by atoms with Gasteiger partial charge in [-0.25, -0.2) is 0 Å². The van der Waals surface area contributed by atoms with Crippen LogP contribution in [-0.4, -0.2) is 28.4 Å². The maximum atomic E-state index is 12.9. The van der Waals surface area contributed by atoms with Crippen LogP contribution in [-0.2, 0) is 0 Å². The molecule has 0 saturated carbocycles. The Kier molecular flexibility index (Phi) is 3.94. The molecule has 3 nitrogen and oxygen atoms in total. The van der Waals surface area contributed by atoms with Gasteiger partial charge in [-0.1, -0.05) is 38.4 Å². The lowest BCUT2D eigenvalue weighted by atomic mass is 9.87. The van der Waals surface area contributed by atoms with E-state index in [4.69, 9.17) is 11.6 Å². The minimum absolute atomic E-state index is 0.110. The summed E-state index contributed by atoms with van der Waals surface area (Å²) < 4.78 is 0. The summed E-state index contributed by atoms with van der Waals surface area (Å²) in [6, 6.07) is 7.94. The molecule has 1 fully saturated rings. The summed E-state index contributed by atoms with van der Waals surface area (Å²) in [4.78, 5) is 18.1. The first-order valence-corrected chi connectivity index (χ1v) is 8.30. The van der Waals surface area contributed by atoms with E-state index in [1.807, 2.05) is 29.2 Å². The van der Waals surface area contributed by atoms with Gasteiger partial charge in [0.25, 0.3) is 5.91 Å². The van der Waals surface area contributed by atoms with Gasteiger partial charge in [0.1, 0.15) is 5.69 Å².